The van der Waals surface area contributed by atoms with Crippen molar-refractivity contribution in [3.63, 3.8) is 0 Å². The molecule has 0 spiro atoms. The van der Waals surface area contributed by atoms with E-state index in [2.05, 4.69) is 10.2 Å². The molecule has 6 nitrogen and oxygen atoms in total. The third kappa shape index (κ3) is 4.42. The second-order valence-electron chi connectivity index (χ2n) is 4.27. The van der Waals surface area contributed by atoms with Crippen molar-refractivity contribution >= 4 is 11.6 Å². The lowest BCUT2D eigenvalue weighted by molar-refractivity contribution is -0.127. The first-order chi connectivity index (χ1) is 10.0. The highest BCUT2D eigenvalue weighted by Gasteiger charge is 2.18. The summed E-state index contributed by atoms with van der Waals surface area (Å²) in [4.78, 5) is 13.7. The lowest BCUT2D eigenvalue weighted by Gasteiger charge is -2.18. The average Bonchev–Trinajstić information content (AvgIpc) is 2.49. The van der Waals surface area contributed by atoms with Crippen molar-refractivity contribution in [2.45, 2.75) is 20.8 Å². The number of hydrogen-bond acceptors (Lipinski definition) is 5. The minimum atomic E-state index is -0.364. The number of nitriles is 1. The van der Waals surface area contributed by atoms with Crippen molar-refractivity contribution in [2.75, 3.05) is 13.1 Å². The monoisotopic (exact) mass is 286 g/mol. The van der Waals surface area contributed by atoms with Gasteiger partial charge in [-0.25, -0.2) is 0 Å². The molecule has 6 heteroatoms. The highest BCUT2D eigenvalue weighted by atomic mass is 16.3. The standard InChI is InChI=1S/C15H18N4O2/c1-4-19(5-2)15(21)14(11(3)20)18-17-13-8-6-12(10-16)7-9-13/h6-9,20H,4-5H2,1-3H3/b14-11+,18-17?. The Morgan fingerprint density at radius 1 is 1.29 bits per heavy atom. The molecule has 1 aromatic carbocycles. The van der Waals surface area contributed by atoms with Crippen molar-refractivity contribution < 1.29 is 9.90 Å². The van der Waals surface area contributed by atoms with Crippen LogP contribution in [0.5, 0.6) is 0 Å². The number of azo groups is 1. The lowest BCUT2D eigenvalue weighted by Crippen LogP contribution is -2.31. The molecule has 0 heterocycles. The number of nitrogens with zero attached hydrogens (tertiary/aromatic N) is 4. The fourth-order valence-electron chi connectivity index (χ4n) is 1.64. The van der Waals surface area contributed by atoms with Crippen LogP contribution in [0, 0.1) is 11.3 Å². The molecule has 0 radical (unpaired) electrons. The van der Waals surface area contributed by atoms with Gasteiger partial charge in [0.05, 0.1) is 17.3 Å². The van der Waals surface area contributed by atoms with E-state index in [9.17, 15) is 9.90 Å². The second-order valence-corrected chi connectivity index (χ2v) is 4.27. The SMILES string of the molecule is CCN(CC)C(=O)/C(N=Nc1ccc(C#N)cc1)=C(/C)O. The number of aliphatic hydroxyl groups is 1. The molecule has 0 bridgehead atoms. The van der Waals surface area contributed by atoms with Crippen molar-refractivity contribution in [3.05, 3.63) is 41.3 Å². The van der Waals surface area contributed by atoms with Crippen molar-refractivity contribution in [3.8, 4) is 6.07 Å². The van der Waals surface area contributed by atoms with Gasteiger partial charge >= 0.3 is 0 Å². The molecule has 0 aliphatic rings. The van der Waals surface area contributed by atoms with E-state index in [1.165, 1.54) is 6.92 Å². The molecule has 1 aromatic rings. The molecule has 110 valence electrons. The molecule has 1 N–H and O–H groups in total. The van der Waals surface area contributed by atoms with Crippen molar-refractivity contribution in [1.29, 1.82) is 5.26 Å². The zero-order valence-electron chi connectivity index (χ0n) is 12.4. The first-order valence-corrected chi connectivity index (χ1v) is 6.64. The number of aliphatic hydroxyl groups excluding tert-OH is 1. The van der Waals surface area contributed by atoms with Gasteiger partial charge in [-0.15, -0.1) is 5.11 Å². The Labute approximate surface area is 124 Å². The lowest BCUT2D eigenvalue weighted by atomic mass is 10.2. The summed E-state index contributed by atoms with van der Waals surface area (Å²) >= 11 is 0. The van der Waals surface area contributed by atoms with Crippen molar-refractivity contribution in [1.82, 2.24) is 4.90 Å². The van der Waals surface area contributed by atoms with Crippen LogP contribution in [0.25, 0.3) is 0 Å². The molecule has 0 atom stereocenters. The Morgan fingerprint density at radius 2 is 1.86 bits per heavy atom. The van der Waals surface area contributed by atoms with E-state index in [0.717, 1.165) is 0 Å². The molecule has 0 aliphatic heterocycles. The maximum Gasteiger partial charge on any atom is 0.277 e. The summed E-state index contributed by atoms with van der Waals surface area (Å²) in [6.07, 6.45) is 0. The number of carbonyl (C=O) groups is 1. The molecular formula is C15H18N4O2. The maximum absolute atomic E-state index is 12.2. The molecule has 1 rings (SSSR count). The minimum Gasteiger partial charge on any atom is -0.510 e. The van der Waals surface area contributed by atoms with Gasteiger partial charge in [0.25, 0.3) is 5.91 Å². The fraction of sp³-hybridized carbons (Fsp3) is 0.333. The molecule has 0 saturated heterocycles. The van der Waals surface area contributed by atoms with Crippen LogP contribution in [-0.4, -0.2) is 29.0 Å². The molecule has 0 aromatic heterocycles. The summed E-state index contributed by atoms with van der Waals surface area (Å²) in [6.45, 7) is 6.15. The van der Waals surface area contributed by atoms with Gasteiger partial charge < -0.3 is 10.0 Å². The van der Waals surface area contributed by atoms with E-state index in [-0.39, 0.29) is 17.4 Å². The van der Waals surface area contributed by atoms with Crippen LogP contribution >= 0.6 is 0 Å². The van der Waals surface area contributed by atoms with Gasteiger partial charge in [-0.2, -0.15) is 10.4 Å². The number of hydrogen-bond donors (Lipinski definition) is 1. The van der Waals surface area contributed by atoms with Crippen LogP contribution in [-0.2, 0) is 4.79 Å². The van der Waals surface area contributed by atoms with Gasteiger partial charge in [0, 0.05) is 13.1 Å². The van der Waals surface area contributed by atoms with Crippen molar-refractivity contribution in [2.24, 2.45) is 10.2 Å². The van der Waals surface area contributed by atoms with Crippen LogP contribution in [0.1, 0.15) is 26.3 Å². The van der Waals surface area contributed by atoms with E-state index in [1.807, 2.05) is 19.9 Å². The van der Waals surface area contributed by atoms with E-state index in [1.54, 1.807) is 29.2 Å². The van der Waals surface area contributed by atoms with Gasteiger partial charge in [0.1, 0.15) is 5.76 Å². The van der Waals surface area contributed by atoms with Gasteiger partial charge in [-0.1, -0.05) is 0 Å². The summed E-state index contributed by atoms with van der Waals surface area (Å²) in [5.41, 5.74) is 0.936. The van der Waals surface area contributed by atoms with Gasteiger partial charge in [-0.3, -0.25) is 4.79 Å². The number of benzene rings is 1. The Bertz CT molecular complexity index is 589. The summed E-state index contributed by atoms with van der Waals surface area (Å²) < 4.78 is 0. The minimum absolute atomic E-state index is 0.0805. The zero-order valence-corrected chi connectivity index (χ0v) is 12.4. The quantitative estimate of drug-likeness (QED) is 0.511. The number of carbonyl (C=O) groups excluding carboxylic acids is 1. The van der Waals surface area contributed by atoms with Gasteiger partial charge in [0.15, 0.2) is 5.70 Å². The predicted octanol–water partition coefficient (Wildman–Crippen LogP) is 3.30. The molecule has 0 saturated carbocycles. The second kappa shape index (κ2) is 7.80. The first kappa shape index (κ1) is 16.4. The first-order valence-electron chi connectivity index (χ1n) is 6.64. The highest BCUT2D eigenvalue weighted by Crippen LogP contribution is 2.16. The topological polar surface area (TPSA) is 89.0 Å². The molecule has 21 heavy (non-hydrogen) atoms. The van der Waals surface area contributed by atoms with Gasteiger partial charge in [-0.05, 0) is 45.0 Å². The van der Waals surface area contributed by atoms with Crippen LogP contribution in [0.15, 0.2) is 46.0 Å². The molecule has 1 amide bonds. The molecule has 0 fully saturated rings. The predicted molar refractivity (Wildman–Crippen MR) is 78.9 cm³/mol. The molecular weight excluding hydrogens is 268 g/mol. The zero-order chi connectivity index (χ0) is 15.8. The van der Waals surface area contributed by atoms with E-state index >= 15 is 0 Å². The third-order valence-electron chi connectivity index (χ3n) is 2.86. The maximum atomic E-state index is 12.2. The normalized spacial score (nSPS) is 11.9. The van der Waals surface area contributed by atoms with E-state index in [4.69, 9.17) is 5.26 Å². The number of rotatable bonds is 5. The van der Waals surface area contributed by atoms with E-state index < -0.39 is 0 Å². The fourth-order valence-corrected chi connectivity index (χ4v) is 1.64. The van der Waals surface area contributed by atoms with E-state index in [0.29, 0.717) is 24.3 Å². The largest absolute Gasteiger partial charge is 0.510 e. The summed E-state index contributed by atoms with van der Waals surface area (Å²) in [7, 11) is 0. The van der Waals surface area contributed by atoms with Crippen LogP contribution in [0.2, 0.25) is 0 Å². The summed E-state index contributed by atoms with van der Waals surface area (Å²) in [5.74, 6) is -0.540. The summed E-state index contributed by atoms with van der Waals surface area (Å²) in [5, 5.41) is 26.1. The summed E-state index contributed by atoms with van der Waals surface area (Å²) in [6, 6.07) is 8.46. The number of allylic oxidation sites excluding steroid dienone is 1. The molecule has 0 unspecified atom stereocenters. The Kier molecular flexibility index (Phi) is 6.08. The Balaban J connectivity index is 2.99. The highest BCUT2D eigenvalue weighted by molar-refractivity contribution is 5.93. The third-order valence-corrected chi connectivity index (χ3v) is 2.86. The Hall–Kier alpha value is -2.68. The van der Waals surface area contributed by atoms with Gasteiger partial charge in [0.2, 0.25) is 0 Å². The van der Waals surface area contributed by atoms with Crippen LogP contribution in [0.4, 0.5) is 5.69 Å². The number of likely N-dealkylation sites (N-methyl/N-ethyl adjacent to an activating group) is 1. The van der Waals surface area contributed by atoms with Crippen LogP contribution in [0.3, 0.4) is 0 Å². The molecule has 0 aliphatic carbocycles. The number of amides is 1. The van der Waals surface area contributed by atoms with Crippen LogP contribution < -0.4 is 0 Å². The smallest absolute Gasteiger partial charge is 0.277 e. The Morgan fingerprint density at radius 3 is 2.29 bits per heavy atom. The average molecular weight is 286 g/mol.